The van der Waals surface area contributed by atoms with E-state index >= 15 is 0 Å². The van der Waals surface area contributed by atoms with Crippen molar-refractivity contribution in [3.63, 3.8) is 0 Å². The van der Waals surface area contributed by atoms with E-state index in [9.17, 15) is 4.39 Å². The number of pyridine rings is 2. The Hall–Kier alpha value is -1.23. The summed E-state index contributed by atoms with van der Waals surface area (Å²) in [5.74, 6) is 7.32. The van der Waals surface area contributed by atoms with E-state index in [4.69, 9.17) is 0 Å². The third-order valence-electron chi connectivity index (χ3n) is 3.45. The summed E-state index contributed by atoms with van der Waals surface area (Å²) in [6.07, 6.45) is 4.65. The maximum absolute atomic E-state index is 13.0. The van der Waals surface area contributed by atoms with Gasteiger partial charge in [0.15, 0.2) is 0 Å². The summed E-state index contributed by atoms with van der Waals surface area (Å²) >= 11 is -1.93. The molecule has 0 saturated carbocycles. The van der Waals surface area contributed by atoms with E-state index in [1.54, 1.807) is 12.3 Å². The van der Waals surface area contributed by atoms with Gasteiger partial charge in [0.2, 0.25) is 0 Å². The zero-order valence-electron chi connectivity index (χ0n) is 13.4. The molecule has 0 fully saturated rings. The topological polar surface area (TPSA) is 25.8 Å². The van der Waals surface area contributed by atoms with Crippen molar-refractivity contribution < 1.29 is 4.39 Å². The molecule has 2 nitrogen and oxygen atoms in total. The number of hydrogen-bond donors (Lipinski definition) is 0. The Morgan fingerprint density at radius 2 is 1.81 bits per heavy atom. The standard InChI is InChI=1S/C17H23FGeN2/c1-12(2)8-14-9-16(13-6-7-17(18)21-10-13)20-11-15(14)19(3,4)5/h6-7,9-12H,8H2,1-5H3. The molecule has 2 heterocycles. The molecule has 0 bridgehead atoms. The second-order valence-corrected chi connectivity index (χ2v) is 17.5. The van der Waals surface area contributed by atoms with Crippen molar-refractivity contribution in [1.82, 2.24) is 9.97 Å². The summed E-state index contributed by atoms with van der Waals surface area (Å²) in [4.78, 5) is 8.32. The summed E-state index contributed by atoms with van der Waals surface area (Å²) in [6, 6.07) is 5.29. The number of hydrogen-bond acceptors (Lipinski definition) is 2. The average Bonchev–Trinajstić information content (AvgIpc) is 2.37. The van der Waals surface area contributed by atoms with E-state index in [2.05, 4.69) is 47.2 Å². The van der Waals surface area contributed by atoms with Crippen molar-refractivity contribution in [3.05, 3.63) is 42.1 Å². The zero-order valence-corrected chi connectivity index (χ0v) is 15.5. The Bertz CT molecular complexity index is 616. The molecule has 0 N–H and O–H groups in total. The molecule has 0 amide bonds. The van der Waals surface area contributed by atoms with Gasteiger partial charge in [-0.2, -0.15) is 0 Å². The molecule has 0 aliphatic rings. The normalized spacial score (nSPS) is 12.0. The van der Waals surface area contributed by atoms with Gasteiger partial charge in [0.25, 0.3) is 0 Å². The van der Waals surface area contributed by atoms with Gasteiger partial charge >= 0.3 is 129 Å². The van der Waals surface area contributed by atoms with Crippen LogP contribution in [0.5, 0.6) is 0 Å². The van der Waals surface area contributed by atoms with Gasteiger partial charge in [-0.1, -0.05) is 0 Å². The van der Waals surface area contributed by atoms with Crippen molar-refractivity contribution in [2.45, 2.75) is 37.5 Å². The molecule has 2 aromatic rings. The summed E-state index contributed by atoms with van der Waals surface area (Å²) in [6.45, 7) is 4.47. The minimum absolute atomic E-state index is 0.456. The molecule has 0 aliphatic heterocycles. The molecule has 112 valence electrons. The number of halogens is 1. The van der Waals surface area contributed by atoms with Crippen molar-refractivity contribution in [2.24, 2.45) is 5.92 Å². The van der Waals surface area contributed by atoms with Crippen LogP contribution < -0.4 is 4.40 Å². The number of aromatic nitrogens is 2. The van der Waals surface area contributed by atoms with Gasteiger partial charge < -0.3 is 0 Å². The number of nitrogens with zero attached hydrogens (tertiary/aromatic N) is 2. The molecule has 0 spiro atoms. The van der Waals surface area contributed by atoms with Gasteiger partial charge in [0.05, 0.1) is 0 Å². The van der Waals surface area contributed by atoms with E-state index in [1.165, 1.54) is 16.0 Å². The summed E-state index contributed by atoms with van der Waals surface area (Å²) in [5.41, 5.74) is 3.15. The maximum atomic E-state index is 13.0. The number of rotatable bonds is 4. The summed E-state index contributed by atoms with van der Waals surface area (Å²) in [7, 11) is 0. The fraction of sp³-hybridized carbons (Fsp3) is 0.412. The third-order valence-corrected chi connectivity index (χ3v) is 7.78. The average molecular weight is 347 g/mol. The molecule has 2 aromatic heterocycles. The van der Waals surface area contributed by atoms with Crippen molar-refractivity contribution in [2.75, 3.05) is 0 Å². The van der Waals surface area contributed by atoms with E-state index in [-0.39, 0.29) is 0 Å². The van der Waals surface area contributed by atoms with Gasteiger partial charge in [0.1, 0.15) is 0 Å². The van der Waals surface area contributed by atoms with Crippen LogP contribution in [0.15, 0.2) is 30.6 Å². The van der Waals surface area contributed by atoms with Crippen molar-refractivity contribution in [1.29, 1.82) is 0 Å². The molecule has 4 heteroatoms. The third kappa shape index (κ3) is 4.13. The first-order valence-corrected chi connectivity index (χ1v) is 14.7. The van der Waals surface area contributed by atoms with E-state index < -0.39 is 19.2 Å². The van der Waals surface area contributed by atoms with E-state index in [0.29, 0.717) is 5.92 Å². The van der Waals surface area contributed by atoms with Crippen LogP contribution in [0, 0.1) is 11.9 Å². The van der Waals surface area contributed by atoms with Gasteiger partial charge in [-0.05, 0) is 0 Å². The van der Waals surface area contributed by atoms with Crippen molar-refractivity contribution >= 4 is 17.7 Å². The molecular weight excluding hydrogens is 324 g/mol. The van der Waals surface area contributed by atoms with Crippen LogP contribution in [0.2, 0.25) is 17.3 Å². The van der Waals surface area contributed by atoms with E-state index in [0.717, 1.165) is 17.7 Å². The fourth-order valence-electron chi connectivity index (χ4n) is 2.47. The quantitative estimate of drug-likeness (QED) is 0.617. The Morgan fingerprint density at radius 3 is 2.33 bits per heavy atom. The first-order valence-electron chi connectivity index (χ1n) is 7.38. The van der Waals surface area contributed by atoms with Crippen LogP contribution in [-0.2, 0) is 6.42 Å². The van der Waals surface area contributed by atoms with Crippen LogP contribution in [0.3, 0.4) is 0 Å². The van der Waals surface area contributed by atoms with Crippen LogP contribution in [-0.4, -0.2) is 23.2 Å². The van der Waals surface area contributed by atoms with Crippen molar-refractivity contribution in [3.8, 4) is 11.3 Å². The first kappa shape index (κ1) is 16.1. The SMILES string of the molecule is CC(C)Cc1cc(-c2ccc(F)nc2)nc[c]1[Ge]([CH3])([CH3])[CH3]. The second-order valence-electron chi connectivity index (χ2n) is 6.94. The first-order chi connectivity index (χ1) is 9.77. The zero-order chi connectivity index (χ0) is 15.6. The Labute approximate surface area is 129 Å². The Balaban J connectivity index is 2.48. The molecular formula is C17H23FGeN2. The molecule has 2 rings (SSSR count). The van der Waals surface area contributed by atoms with Crippen LogP contribution in [0.4, 0.5) is 4.39 Å². The second kappa shape index (κ2) is 6.26. The van der Waals surface area contributed by atoms with Gasteiger partial charge in [-0.25, -0.2) is 0 Å². The predicted octanol–water partition coefficient (Wildman–Crippen LogP) is 4.03. The molecule has 0 unspecified atom stereocenters. The molecule has 0 aromatic carbocycles. The minimum atomic E-state index is -1.93. The van der Waals surface area contributed by atoms with Gasteiger partial charge in [0, 0.05) is 0 Å². The Kier molecular flexibility index (Phi) is 4.82. The van der Waals surface area contributed by atoms with Crippen LogP contribution in [0.1, 0.15) is 19.4 Å². The molecule has 0 radical (unpaired) electrons. The van der Waals surface area contributed by atoms with Crippen LogP contribution in [0.25, 0.3) is 11.3 Å². The Morgan fingerprint density at radius 1 is 1.10 bits per heavy atom. The molecule has 0 atom stereocenters. The van der Waals surface area contributed by atoms with Crippen LogP contribution >= 0.6 is 0 Å². The molecule has 21 heavy (non-hydrogen) atoms. The van der Waals surface area contributed by atoms with E-state index in [1.807, 2.05) is 6.20 Å². The summed E-state index contributed by atoms with van der Waals surface area (Å²) < 4.78 is 14.4. The monoisotopic (exact) mass is 348 g/mol. The summed E-state index contributed by atoms with van der Waals surface area (Å²) in [5, 5.41) is 0. The molecule has 0 aliphatic carbocycles. The predicted molar refractivity (Wildman–Crippen MR) is 88.9 cm³/mol. The van der Waals surface area contributed by atoms with Gasteiger partial charge in [-0.3, -0.25) is 0 Å². The fourth-order valence-corrected chi connectivity index (χ4v) is 5.80. The molecule has 0 saturated heterocycles. The van der Waals surface area contributed by atoms with Gasteiger partial charge in [-0.15, -0.1) is 0 Å².